The summed E-state index contributed by atoms with van der Waals surface area (Å²) < 4.78 is 42.5. The van der Waals surface area contributed by atoms with Gasteiger partial charge in [0.2, 0.25) is 11.4 Å². The largest absolute Gasteiger partial charge is 0.673 e. The van der Waals surface area contributed by atoms with Crippen molar-refractivity contribution in [3.8, 4) is 33.6 Å². The molecule has 0 aliphatic rings. The molecule has 4 aromatic carbocycles. The number of hydrogen-bond donors (Lipinski definition) is 0. The van der Waals surface area contributed by atoms with Crippen molar-refractivity contribution in [1.82, 2.24) is 0 Å². The predicted molar refractivity (Wildman–Crippen MR) is 146 cm³/mol. The van der Waals surface area contributed by atoms with Gasteiger partial charge in [-0.1, -0.05) is 94.8 Å². The quantitative estimate of drug-likeness (QED) is 0.114. The molecule has 5 rings (SSSR count). The minimum Gasteiger partial charge on any atom is -0.418 e. The first kappa shape index (κ1) is 26.4. The number of nitrogens with zero attached hydrogens (tertiary/aromatic N) is 1. The second-order valence-electron chi connectivity index (χ2n) is 8.32. The molecule has 1 nitrogen and oxygen atoms in total. The second kappa shape index (κ2) is 12.0. The van der Waals surface area contributed by atoms with Crippen LogP contribution in [0.15, 0.2) is 132 Å². The number of rotatable bonds is 5. The van der Waals surface area contributed by atoms with Crippen LogP contribution in [0.1, 0.15) is 5.56 Å². The average Bonchev–Trinajstić information content (AvgIpc) is 2.90. The number of hydrogen-bond acceptors (Lipinski definition) is 0. The van der Waals surface area contributed by atoms with E-state index in [1.165, 1.54) is 39.2 Å². The summed E-state index contributed by atoms with van der Waals surface area (Å²) in [7, 11) is -6.00. The molecule has 37 heavy (non-hydrogen) atoms. The fourth-order valence-electron chi connectivity index (χ4n) is 4.06. The van der Waals surface area contributed by atoms with Crippen LogP contribution < -0.4 is 4.57 Å². The molecule has 0 saturated carbocycles. The fraction of sp³-hybridized carbons (Fsp3) is 0.0333. The first-order chi connectivity index (χ1) is 17.8. The molecule has 0 unspecified atom stereocenters. The van der Waals surface area contributed by atoms with Crippen molar-refractivity contribution in [1.29, 1.82) is 0 Å². The lowest BCUT2D eigenvalue weighted by Gasteiger charge is -2.13. The summed E-state index contributed by atoms with van der Waals surface area (Å²) in [5.74, 6) is 0. The molecule has 0 radical (unpaired) electrons. The van der Waals surface area contributed by atoms with Crippen molar-refractivity contribution in [2.24, 2.45) is 0 Å². The average molecular weight is 564 g/mol. The van der Waals surface area contributed by atoms with Crippen LogP contribution in [0, 0.1) is 0 Å². The van der Waals surface area contributed by atoms with E-state index in [1.54, 1.807) is 0 Å². The van der Waals surface area contributed by atoms with Gasteiger partial charge in [0.05, 0.1) is 0 Å². The third-order valence-electron chi connectivity index (χ3n) is 5.67. The normalized spacial score (nSPS) is 10.9. The van der Waals surface area contributed by atoms with E-state index in [0.29, 0.717) is 0 Å². The molecular weight excluding hydrogens is 541 g/mol. The minimum atomic E-state index is -6.00. The standard InChI is InChI=1S/C30H23BrN.BF4/c31-28-18-16-24(17-19-28)27-20-29(25-12-6-2-7-13-25)32(22-23-10-4-1-5-11-23)30(21-27)26-14-8-3-9-15-26;2-1(3,4)5/h1-21H,22H2;/q+1;-1. The first-order valence-corrected chi connectivity index (χ1v) is 12.4. The van der Waals surface area contributed by atoms with Gasteiger partial charge in [-0.15, -0.1) is 0 Å². The van der Waals surface area contributed by atoms with Crippen LogP contribution >= 0.6 is 15.9 Å². The van der Waals surface area contributed by atoms with E-state index >= 15 is 0 Å². The molecule has 1 heterocycles. The molecule has 0 aliphatic heterocycles. The van der Waals surface area contributed by atoms with Crippen LogP contribution in [0.5, 0.6) is 0 Å². The number of aromatic nitrogens is 1. The van der Waals surface area contributed by atoms with Gasteiger partial charge < -0.3 is 17.3 Å². The van der Waals surface area contributed by atoms with Gasteiger partial charge in [-0.05, 0) is 47.5 Å². The summed E-state index contributed by atoms with van der Waals surface area (Å²) in [6, 6.07) is 45.2. The molecule has 0 amide bonds. The van der Waals surface area contributed by atoms with Crippen molar-refractivity contribution < 1.29 is 21.8 Å². The monoisotopic (exact) mass is 563 g/mol. The first-order valence-electron chi connectivity index (χ1n) is 11.6. The Morgan fingerprint density at radius 2 is 0.919 bits per heavy atom. The molecular formula is C30H23BBrF4N. The second-order valence-corrected chi connectivity index (χ2v) is 9.24. The summed E-state index contributed by atoms with van der Waals surface area (Å²) in [6.07, 6.45) is 0. The molecule has 0 aliphatic carbocycles. The lowest BCUT2D eigenvalue weighted by Crippen LogP contribution is -2.39. The maximum absolute atomic E-state index is 9.75. The molecule has 0 bridgehead atoms. The maximum atomic E-state index is 9.75. The van der Waals surface area contributed by atoms with E-state index in [9.17, 15) is 17.3 Å². The number of halogens is 5. The highest BCUT2D eigenvalue weighted by molar-refractivity contribution is 9.10. The summed E-state index contributed by atoms with van der Waals surface area (Å²) in [6.45, 7) is 0.802. The minimum absolute atomic E-state index is 0.802. The fourth-order valence-corrected chi connectivity index (χ4v) is 4.33. The lowest BCUT2D eigenvalue weighted by atomic mass is 9.98. The van der Waals surface area contributed by atoms with Gasteiger partial charge in [-0.3, -0.25) is 0 Å². The van der Waals surface area contributed by atoms with Crippen molar-refractivity contribution >= 4 is 23.2 Å². The Kier molecular flexibility index (Phi) is 8.56. The van der Waals surface area contributed by atoms with Crippen LogP contribution in [0.25, 0.3) is 33.6 Å². The molecule has 7 heteroatoms. The van der Waals surface area contributed by atoms with Crippen molar-refractivity contribution in [2.45, 2.75) is 6.54 Å². The molecule has 0 N–H and O–H groups in total. The number of pyridine rings is 1. The highest BCUT2D eigenvalue weighted by Crippen LogP contribution is 2.30. The van der Waals surface area contributed by atoms with Crippen LogP contribution in [-0.4, -0.2) is 7.25 Å². The summed E-state index contributed by atoms with van der Waals surface area (Å²) >= 11 is 3.56. The molecule has 0 spiro atoms. The van der Waals surface area contributed by atoms with Gasteiger partial charge in [0.25, 0.3) is 0 Å². The highest BCUT2D eigenvalue weighted by Gasteiger charge is 2.23. The Labute approximate surface area is 222 Å². The van der Waals surface area contributed by atoms with Gasteiger partial charge in [-0.2, -0.15) is 4.57 Å². The van der Waals surface area contributed by atoms with Crippen molar-refractivity contribution in [2.75, 3.05) is 0 Å². The van der Waals surface area contributed by atoms with Crippen molar-refractivity contribution in [3.63, 3.8) is 0 Å². The van der Waals surface area contributed by atoms with E-state index < -0.39 is 7.25 Å². The van der Waals surface area contributed by atoms with Gasteiger partial charge in [0, 0.05) is 33.3 Å². The van der Waals surface area contributed by atoms with E-state index in [0.717, 1.165) is 11.0 Å². The molecule has 0 fully saturated rings. The van der Waals surface area contributed by atoms with Gasteiger partial charge in [0.1, 0.15) is 0 Å². The maximum Gasteiger partial charge on any atom is 0.673 e. The lowest BCUT2D eigenvalue weighted by molar-refractivity contribution is -0.666. The molecule has 0 atom stereocenters. The van der Waals surface area contributed by atoms with Gasteiger partial charge in [0.15, 0.2) is 6.54 Å². The summed E-state index contributed by atoms with van der Waals surface area (Å²) in [4.78, 5) is 0. The van der Waals surface area contributed by atoms with Crippen LogP contribution in [-0.2, 0) is 6.54 Å². The molecule has 0 saturated heterocycles. The SMILES string of the molecule is Brc1ccc(-c2cc(-c3ccccc3)[n+](Cc3ccccc3)c(-c3ccccc3)c2)cc1.F[B-](F)(F)F. The molecule has 186 valence electrons. The smallest absolute Gasteiger partial charge is 0.418 e. The zero-order valence-corrected chi connectivity index (χ0v) is 21.3. The van der Waals surface area contributed by atoms with Crippen LogP contribution in [0.4, 0.5) is 17.3 Å². The molecule has 1 aromatic heterocycles. The zero-order valence-electron chi connectivity index (χ0n) is 19.7. The van der Waals surface area contributed by atoms with E-state index in [2.05, 4.69) is 148 Å². The summed E-state index contributed by atoms with van der Waals surface area (Å²) in [5.41, 5.74) is 8.51. The Morgan fingerprint density at radius 1 is 0.514 bits per heavy atom. The van der Waals surface area contributed by atoms with Crippen LogP contribution in [0.3, 0.4) is 0 Å². The van der Waals surface area contributed by atoms with Crippen molar-refractivity contribution in [3.05, 3.63) is 137 Å². The Bertz CT molecular complexity index is 1360. The van der Waals surface area contributed by atoms with Gasteiger partial charge in [-0.25, -0.2) is 0 Å². The Morgan fingerprint density at radius 3 is 1.35 bits per heavy atom. The summed E-state index contributed by atoms with van der Waals surface area (Å²) in [5, 5.41) is 0. The third kappa shape index (κ3) is 7.64. The van der Waals surface area contributed by atoms with E-state index in [-0.39, 0.29) is 0 Å². The molecule has 5 aromatic rings. The zero-order chi connectivity index (χ0) is 26.3. The van der Waals surface area contributed by atoms with Gasteiger partial charge >= 0.3 is 7.25 Å². The predicted octanol–water partition coefficient (Wildman–Crippen LogP) is 9.09. The van der Waals surface area contributed by atoms with Crippen LogP contribution in [0.2, 0.25) is 0 Å². The third-order valence-corrected chi connectivity index (χ3v) is 6.19. The topological polar surface area (TPSA) is 3.88 Å². The highest BCUT2D eigenvalue weighted by atomic mass is 79.9. The number of benzene rings is 4. The Hall–Kier alpha value is -3.71. The van der Waals surface area contributed by atoms with E-state index in [4.69, 9.17) is 0 Å². The Balaban J connectivity index is 0.000000586. The van der Waals surface area contributed by atoms with E-state index in [1.807, 2.05) is 0 Å².